The van der Waals surface area contributed by atoms with Crippen LogP contribution >= 0.6 is 0 Å². The number of alkyl halides is 2. The monoisotopic (exact) mass is 235 g/mol. The van der Waals surface area contributed by atoms with E-state index < -0.39 is 36.4 Å². The minimum absolute atomic E-state index is 0.0325. The molecule has 0 aromatic carbocycles. The molecular weight excluding hydrogens is 224 g/mol. The molecule has 7 heteroatoms. The maximum atomic E-state index is 12.8. The molecule has 90 valence electrons. The Bertz CT molecular complexity index is 319. The van der Waals surface area contributed by atoms with E-state index in [2.05, 4.69) is 16.6 Å². The number of amides is 1. The zero-order chi connectivity index (χ0) is 12.3. The molecule has 0 aromatic rings. The van der Waals surface area contributed by atoms with Crippen LogP contribution in [-0.4, -0.2) is 36.2 Å². The van der Waals surface area contributed by atoms with Gasteiger partial charge in [0, 0.05) is 6.54 Å². The van der Waals surface area contributed by atoms with E-state index in [1.54, 1.807) is 0 Å². The molecule has 0 saturated heterocycles. The zero-order valence-electron chi connectivity index (χ0n) is 8.28. The van der Waals surface area contributed by atoms with Crippen LogP contribution < -0.4 is 5.32 Å². The average molecular weight is 235 g/mol. The van der Waals surface area contributed by atoms with Gasteiger partial charge in [0.25, 0.3) is 5.92 Å². The molecule has 1 aliphatic carbocycles. The molecule has 0 spiro atoms. The van der Waals surface area contributed by atoms with E-state index in [1.807, 2.05) is 0 Å². The third-order valence-corrected chi connectivity index (χ3v) is 2.27. The predicted molar refractivity (Wildman–Crippen MR) is 49.1 cm³/mol. The number of rotatable bonds is 5. The number of hydrogen-bond acceptors (Lipinski definition) is 3. The second-order valence-electron chi connectivity index (χ2n) is 3.36. The molecule has 1 amide bonds. The number of ether oxygens (including phenoxy) is 1. The summed E-state index contributed by atoms with van der Waals surface area (Å²) in [7, 11) is 0. The number of carboxylic acid groups (broad SMARTS) is 1. The Balaban J connectivity index is 2.32. The normalized spacial score (nSPS) is 25.6. The average Bonchev–Trinajstić information content (AvgIpc) is 2.74. The van der Waals surface area contributed by atoms with E-state index in [-0.39, 0.29) is 6.61 Å². The van der Waals surface area contributed by atoms with Crippen molar-refractivity contribution in [1.82, 2.24) is 5.32 Å². The fourth-order valence-electron chi connectivity index (χ4n) is 1.36. The summed E-state index contributed by atoms with van der Waals surface area (Å²) in [5, 5.41) is 10.5. The van der Waals surface area contributed by atoms with Crippen LogP contribution in [0, 0.1) is 11.8 Å². The molecule has 2 atom stereocenters. The van der Waals surface area contributed by atoms with Crippen molar-refractivity contribution in [3.8, 4) is 0 Å². The van der Waals surface area contributed by atoms with Crippen molar-refractivity contribution in [3.05, 3.63) is 12.7 Å². The Hall–Kier alpha value is -1.66. The zero-order valence-corrected chi connectivity index (χ0v) is 8.28. The van der Waals surface area contributed by atoms with Gasteiger partial charge in [0.05, 0.1) is 5.92 Å². The maximum absolute atomic E-state index is 12.8. The summed E-state index contributed by atoms with van der Waals surface area (Å²) in [4.78, 5) is 21.2. The van der Waals surface area contributed by atoms with Crippen LogP contribution in [-0.2, 0) is 9.53 Å². The van der Waals surface area contributed by atoms with Gasteiger partial charge in [-0.2, -0.15) is 0 Å². The van der Waals surface area contributed by atoms with Gasteiger partial charge in [0.1, 0.15) is 12.5 Å². The fourth-order valence-corrected chi connectivity index (χ4v) is 1.36. The maximum Gasteiger partial charge on any atom is 0.407 e. The summed E-state index contributed by atoms with van der Waals surface area (Å²) in [6.07, 6.45) is 0.456. The van der Waals surface area contributed by atoms with Crippen molar-refractivity contribution in [3.63, 3.8) is 0 Å². The Morgan fingerprint density at radius 2 is 2.19 bits per heavy atom. The van der Waals surface area contributed by atoms with Crippen LogP contribution in [0.15, 0.2) is 12.7 Å². The summed E-state index contributed by atoms with van der Waals surface area (Å²) < 4.78 is 30.1. The number of halogens is 2. The number of aliphatic carboxylic acids is 1. The highest BCUT2D eigenvalue weighted by Crippen LogP contribution is 2.54. The van der Waals surface area contributed by atoms with Crippen molar-refractivity contribution in [2.45, 2.75) is 5.92 Å². The number of hydrogen-bond donors (Lipinski definition) is 2. The summed E-state index contributed by atoms with van der Waals surface area (Å²) in [5.41, 5.74) is 0. The minimum atomic E-state index is -3.25. The molecule has 1 fully saturated rings. The van der Waals surface area contributed by atoms with Crippen molar-refractivity contribution >= 4 is 12.1 Å². The molecule has 0 aromatic heterocycles. The lowest BCUT2D eigenvalue weighted by molar-refractivity contribution is -0.140. The van der Waals surface area contributed by atoms with Gasteiger partial charge in [-0.1, -0.05) is 12.7 Å². The number of nitrogens with one attached hydrogen (secondary N) is 1. The second-order valence-corrected chi connectivity index (χ2v) is 3.36. The van der Waals surface area contributed by atoms with E-state index in [0.717, 1.165) is 0 Å². The first-order chi connectivity index (χ1) is 7.41. The van der Waals surface area contributed by atoms with Gasteiger partial charge in [-0.05, 0) is 0 Å². The molecule has 2 N–H and O–H groups in total. The smallest absolute Gasteiger partial charge is 0.407 e. The van der Waals surface area contributed by atoms with Crippen molar-refractivity contribution in [1.29, 1.82) is 0 Å². The van der Waals surface area contributed by atoms with Gasteiger partial charge in [-0.25, -0.2) is 13.6 Å². The molecular formula is C9H11F2NO4. The lowest BCUT2D eigenvalue weighted by Gasteiger charge is -2.03. The number of carboxylic acids is 1. The molecule has 0 unspecified atom stereocenters. The van der Waals surface area contributed by atoms with Gasteiger partial charge < -0.3 is 15.2 Å². The topological polar surface area (TPSA) is 75.6 Å². The van der Waals surface area contributed by atoms with Crippen molar-refractivity contribution in [2.24, 2.45) is 11.8 Å². The largest absolute Gasteiger partial charge is 0.481 e. The highest BCUT2D eigenvalue weighted by molar-refractivity contribution is 5.76. The van der Waals surface area contributed by atoms with Crippen LogP contribution in [0.5, 0.6) is 0 Å². The lowest BCUT2D eigenvalue weighted by Crippen LogP contribution is -2.28. The van der Waals surface area contributed by atoms with E-state index in [1.165, 1.54) is 6.08 Å². The van der Waals surface area contributed by atoms with Crippen LogP contribution in [0.1, 0.15) is 0 Å². The van der Waals surface area contributed by atoms with E-state index in [4.69, 9.17) is 5.11 Å². The Kier molecular flexibility index (Phi) is 3.46. The van der Waals surface area contributed by atoms with Crippen molar-refractivity contribution < 1.29 is 28.2 Å². The van der Waals surface area contributed by atoms with E-state index >= 15 is 0 Å². The molecule has 1 aliphatic rings. The quantitative estimate of drug-likeness (QED) is 0.693. The molecule has 16 heavy (non-hydrogen) atoms. The summed E-state index contributed by atoms with van der Waals surface area (Å²) in [6.45, 7) is 2.85. The van der Waals surface area contributed by atoms with Gasteiger partial charge in [0.15, 0.2) is 0 Å². The third kappa shape index (κ3) is 2.47. The Labute approximate surface area is 90.1 Å². The minimum Gasteiger partial charge on any atom is -0.481 e. The first-order valence-corrected chi connectivity index (χ1v) is 4.53. The van der Waals surface area contributed by atoms with Gasteiger partial charge >= 0.3 is 12.1 Å². The van der Waals surface area contributed by atoms with Crippen LogP contribution in [0.3, 0.4) is 0 Å². The molecule has 0 heterocycles. The van der Waals surface area contributed by atoms with Crippen LogP contribution in [0.4, 0.5) is 13.6 Å². The highest BCUT2D eigenvalue weighted by atomic mass is 19.3. The van der Waals surface area contributed by atoms with Gasteiger partial charge in [-0.15, -0.1) is 0 Å². The molecule has 5 nitrogen and oxygen atoms in total. The summed E-state index contributed by atoms with van der Waals surface area (Å²) in [6, 6.07) is 0. The number of carbonyl (C=O) groups is 2. The molecule has 0 radical (unpaired) electrons. The molecule has 0 bridgehead atoms. The van der Waals surface area contributed by atoms with Crippen molar-refractivity contribution in [2.75, 3.05) is 13.2 Å². The van der Waals surface area contributed by atoms with E-state index in [0.29, 0.717) is 0 Å². The summed E-state index contributed by atoms with van der Waals surface area (Å²) in [5.74, 6) is -7.89. The second kappa shape index (κ2) is 4.46. The Morgan fingerprint density at radius 1 is 1.56 bits per heavy atom. The lowest BCUT2D eigenvalue weighted by atomic mass is 10.3. The third-order valence-electron chi connectivity index (χ3n) is 2.27. The standard InChI is InChI=1S/C9H11F2NO4/c1-2-3-16-8(15)12-4-5-6(7(13)14)9(5,10)11/h2,5-6H,1,3-4H2,(H,12,15)(H,13,14)/t5-,6-/m0/s1. The SMILES string of the molecule is C=CCOC(=O)NC[C@H]1[C@@H](C(=O)O)C1(F)F. The highest BCUT2D eigenvalue weighted by Gasteiger charge is 2.72. The Morgan fingerprint density at radius 3 is 2.62 bits per heavy atom. The first kappa shape index (κ1) is 12.4. The first-order valence-electron chi connectivity index (χ1n) is 4.53. The van der Waals surface area contributed by atoms with Gasteiger partial charge in [-0.3, -0.25) is 4.79 Å². The van der Waals surface area contributed by atoms with E-state index in [9.17, 15) is 18.4 Å². The predicted octanol–water partition coefficient (Wildman–Crippen LogP) is 0.865. The summed E-state index contributed by atoms with van der Waals surface area (Å²) >= 11 is 0. The van der Waals surface area contributed by atoms with Gasteiger partial charge in [0.2, 0.25) is 0 Å². The molecule has 0 aliphatic heterocycles. The fraction of sp³-hybridized carbons (Fsp3) is 0.556. The number of alkyl carbamates (subject to hydrolysis) is 1. The molecule has 1 saturated carbocycles. The van der Waals surface area contributed by atoms with Crippen LogP contribution in [0.25, 0.3) is 0 Å². The molecule has 1 rings (SSSR count). The number of carbonyl (C=O) groups excluding carboxylic acids is 1. The van der Waals surface area contributed by atoms with Crippen LogP contribution in [0.2, 0.25) is 0 Å².